The van der Waals surface area contributed by atoms with Gasteiger partial charge in [-0.3, -0.25) is 4.79 Å². The molecule has 1 atom stereocenters. The second kappa shape index (κ2) is 3.24. The van der Waals surface area contributed by atoms with E-state index in [1.807, 2.05) is 18.7 Å². The third-order valence-electron chi connectivity index (χ3n) is 3.06. The van der Waals surface area contributed by atoms with Gasteiger partial charge in [0, 0.05) is 26.2 Å². The monoisotopic (exact) mass is 192 g/mol. The van der Waals surface area contributed by atoms with Crippen LogP contribution in [0.2, 0.25) is 0 Å². The van der Waals surface area contributed by atoms with Gasteiger partial charge in [0.05, 0.1) is 5.69 Å². The van der Waals surface area contributed by atoms with Gasteiger partial charge in [0.2, 0.25) is 0 Å². The van der Waals surface area contributed by atoms with E-state index in [0.29, 0.717) is 6.04 Å². The Kier molecular flexibility index (Phi) is 2.19. The Bertz CT molecular complexity index is 379. The van der Waals surface area contributed by atoms with Gasteiger partial charge in [0.1, 0.15) is 0 Å². The van der Waals surface area contributed by atoms with Gasteiger partial charge in [-0.1, -0.05) is 0 Å². The van der Waals surface area contributed by atoms with E-state index < -0.39 is 0 Å². The summed E-state index contributed by atoms with van der Waals surface area (Å²) in [6.07, 6.45) is 4.22. The van der Waals surface area contributed by atoms with Crippen LogP contribution < -0.4 is 5.32 Å². The minimum atomic E-state index is 0.172. The molecule has 0 aliphatic heterocycles. The van der Waals surface area contributed by atoms with Crippen molar-refractivity contribution >= 4 is 5.78 Å². The van der Waals surface area contributed by atoms with Crippen LogP contribution in [0.4, 0.5) is 0 Å². The van der Waals surface area contributed by atoms with Crippen LogP contribution in [0.25, 0.3) is 0 Å². The summed E-state index contributed by atoms with van der Waals surface area (Å²) in [6.45, 7) is 1.64. The molecule has 1 unspecified atom stereocenters. The summed E-state index contributed by atoms with van der Waals surface area (Å²) in [4.78, 5) is 11.4. The molecule has 0 radical (unpaired) electrons. The maximum absolute atomic E-state index is 11.4. The van der Waals surface area contributed by atoms with Gasteiger partial charge < -0.3 is 9.88 Å². The molecule has 0 saturated heterocycles. The van der Waals surface area contributed by atoms with E-state index in [2.05, 4.69) is 11.5 Å². The van der Waals surface area contributed by atoms with Crippen LogP contribution in [0.5, 0.6) is 0 Å². The van der Waals surface area contributed by atoms with Crippen molar-refractivity contribution in [3.63, 3.8) is 0 Å². The number of ketones is 1. The lowest BCUT2D eigenvalue weighted by molar-refractivity contribution is 0.100. The first-order valence-corrected chi connectivity index (χ1v) is 5.01. The van der Waals surface area contributed by atoms with Crippen LogP contribution in [0.15, 0.2) is 6.20 Å². The van der Waals surface area contributed by atoms with Gasteiger partial charge >= 0.3 is 0 Å². The molecule has 3 nitrogen and oxygen atoms in total. The number of aromatic nitrogens is 1. The summed E-state index contributed by atoms with van der Waals surface area (Å²) in [5.41, 5.74) is 3.44. The second-order valence-electron chi connectivity index (χ2n) is 3.96. The first kappa shape index (κ1) is 9.46. The molecule has 1 heterocycles. The fourth-order valence-corrected chi connectivity index (χ4v) is 2.47. The van der Waals surface area contributed by atoms with Crippen LogP contribution in [-0.4, -0.2) is 17.4 Å². The highest BCUT2D eigenvalue weighted by atomic mass is 16.1. The van der Waals surface area contributed by atoms with Gasteiger partial charge in [-0.15, -0.1) is 0 Å². The lowest BCUT2D eigenvalue weighted by Crippen LogP contribution is -2.12. The van der Waals surface area contributed by atoms with E-state index in [0.717, 1.165) is 18.5 Å². The Morgan fingerprint density at radius 2 is 2.36 bits per heavy atom. The van der Waals surface area contributed by atoms with Crippen molar-refractivity contribution in [3.05, 3.63) is 23.0 Å². The molecule has 1 N–H and O–H groups in total. The summed E-state index contributed by atoms with van der Waals surface area (Å²) < 4.78 is 1.95. The first-order valence-electron chi connectivity index (χ1n) is 5.01. The third kappa shape index (κ3) is 1.20. The minimum absolute atomic E-state index is 0.172. The fourth-order valence-electron chi connectivity index (χ4n) is 2.47. The Morgan fingerprint density at radius 1 is 1.64 bits per heavy atom. The largest absolute Gasteiger partial charge is 0.348 e. The Morgan fingerprint density at radius 3 is 2.93 bits per heavy atom. The molecule has 0 spiro atoms. The van der Waals surface area contributed by atoms with E-state index in [4.69, 9.17) is 0 Å². The highest BCUT2D eigenvalue weighted by molar-refractivity contribution is 5.94. The molecule has 1 aliphatic rings. The van der Waals surface area contributed by atoms with E-state index in [-0.39, 0.29) is 5.78 Å². The average molecular weight is 192 g/mol. The van der Waals surface area contributed by atoms with Crippen LogP contribution in [0, 0.1) is 0 Å². The van der Waals surface area contributed by atoms with Crippen LogP contribution in [0.1, 0.15) is 41.0 Å². The molecule has 0 fully saturated rings. The number of fused-ring (bicyclic) bond motifs is 1. The SMILES string of the molecule is CNC1CCc2c1cn(C)c2C(C)=O. The average Bonchev–Trinajstić information content (AvgIpc) is 2.60. The first-order chi connectivity index (χ1) is 6.65. The minimum Gasteiger partial charge on any atom is -0.348 e. The quantitative estimate of drug-likeness (QED) is 0.719. The van der Waals surface area contributed by atoms with Crippen molar-refractivity contribution in [1.29, 1.82) is 0 Å². The fraction of sp³-hybridized carbons (Fsp3) is 0.545. The molecule has 2 rings (SSSR count). The van der Waals surface area contributed by atoms with Gasteiger partial charge in [-0.25, -0.2) is 0 Å². The van der Waals surface area contributed by atoms with Gasteiger partial charge in [-0.05, 0) is 31.0 Å². The van der Waals surface area contributed by atoms with Crippen LogP contribution >= 0.6 is 0 Å². The van der Waals surface area contributed by atoms with Gasteiger partial charge in [0.15, 0.2) is 5.78 Å². The Labute approximate surface area is 84.1 Å². The lowest BCUT2D eigenvalue weighted by atomic mass is 10.1. The topological polar surface area (TPSA) is 34.0 Å². The summed E-state index contributed by atoms with van der Waals surface area (Å²) in [5.74, 6) is 0.172. The van der Waals surface area contributed by atoms with Crippen LogP contribution in [-0.2, 0) is 13.5 Å². The molecule has 0 aromatic carbocycles. The molecule has 1 aromatic rings. The number of Topliss-reactive ketones (excluding diaryl/α,β-unsaturated/α-hetero) is 1. The zero-order valence-corrected chi connectivity index (χ0v) is 8.92. The molecule has 0 saturated carbocycles. The normalized spacial score (nSPS) is 19.8. The Balaban J connectivity index is 2.51. The maximum Gasteiger partial charge on any atom is 0.176 e. The van der Waals surface area contributed by atoms with Crippen molar-refractivity contribution < 1.29 is 4.79 Å². The number of aryl methyl sites for hydroxylation is 1. The molecular formula is C11H16N2O. The number of nitrogens with one attached hydrogen (secondary N) is 1. The smallest absolute Gasteiger partial charge is 0.176 e. The van der Waals surface area contributed by atoms with E-state index in [1.54, 1.807) is 6.92 Å². The molecule has 0 bridgehead atoms. The molecule has 14 heavy (non-hydrogen) atoms. The van der Waals surface area contributed by atoms with Crippen molar-refractivity contribution in [3.8, 4) is 0 Å². The summed E-state index contributed by atoms with van der Waals surface area (Å²) in [7, 11) is 3.92. The number of hydrogen-bond donors (Lipinski definition) is 1. The molecule has 3 heteroatoms. The number of hydrogen-bond acceptors (Lipinski definition) is 2. The van der Waals surface area contributed by atoms with Crippen LogP contribution in [0.3, 0.4) is 0 Å². The summed E-state index contributed by atoms with van der Waals surface area (Å²) in [6, 6.07) is 0.435. The number of carbonyl (C=O) groups excluding carboxylic acids is 1. The highest BCUT2D eigenvalue weighted by Gasteiger charge is 2.27. The number of nitrogens with zero attached hydrogens (tertiary/aromatic N) is 1. The molecule has 76 valence electrons. The summed E-state index contributed by atoms with van der Waals surface area (Å²) >= 11 is 0. The standard InChI is InChI=1S/C11H16N2O/c1-7(14)11-8-4-5-10(12-2)9(8)6-13(11)3/h6,10,12H,4-5H2,1-3H3. The van der Waals surface area contributed by atoms with Crippen molar-refractivity contribution in [2.24, 2.45) is 7.05 Å². The Hall–Kier alpha value is -1.09. The molecular weight excluding hydrogens is 176 g/mol. The van der Waals surface area contributed by atoms with E-state index >= 15 is 0 Å². The lowest BCUT2D eigenvalue weighted by Gasteiger charge is -2.06. The van der Waals surface area contributed by atoms with Gasteiger partial charge in [0.25, 0.3) is 0 Å². The van der Waals surface area contributed by atoms with Crippen molar-refractivity contribution in [2.75, 3.05) is 7.05 Å². The van der Waals surface area contributed by atoms with E-state index in [9.17, 15) is 4.79 Å². The number of carbonyl (C=O) groups is 1. The van der Waals surface area contributed by atoms with Gasteiger partial charge in [-0.2, -0.15) is 0 Å². The zero-order chi connectivity index (χ0) is 10.3. The highest BCUT2D eigenvalue weighted by Crippen LogP contribution is 2.34. The second-order valence-corrected chi connectivity index (χ2v) is 3.96. The van der Waals surface area contributed by atoms with Crippen molar-refractivity contribution in [2.45, 2.75) is 25.8 Å². The predicted molar refractivity (Wildman–Crippen MR) is 55.5 cm³/mol. The van der Waals surface area contributed by atoms with E-state index in [1.165, 1.54) is 11.1 Å². The zero-order valence-electron chi connectivity index (χ0n) is 8.92. The third-order valence-corrected chi connectivity index (χ3v) is 3.06. The predicted octanol–water partition coefficient (Wildman–Crippen LogP) is 1.43. The number of rotatable bonds is 2. The maximum atomic E-state index is 11.4. The van der Waals surface area contributed by atoms with Crippen molar-refractivity contribution in [1.82, 2.24) is 9.88 Å². The molecule has 0 amide bonds. The molecule has 1 aliphatic carbocycles. The summed E-state index contributed by atoms with van der Waals surface area (Å²) in [5, 5.41) is 3.27. The molecule has 1 aromatic heterocycles.